The van der Waals surface area contributed by atoms with Gasteiger partial charge in [-0.05, 0) is 32.0 Å². The van der Waals surface area contributed by atoms with Crippen molar-refractivity contribution in [3.05, 3.63) is 36.2 Å². The Hall–Kier alpha value is -2.17. The maximum absolute atomic E-state index is 12.7. The summed E-state index contributed by atoms with van der Waals surface area (Å²) < 4.78 is 38.0. The van der Waals surface area contributed by atoms with Crippen LogP contribution >= 0.6 is 11.8 Å². The van der Waals surface area contributed by atoms with Gasteiger partial charge in [-0.15, -0.1) is 0 Å². The molecule has 0 spiro atoms. The molecule has 158 valence electrons. The predicted octanol–water partition coefficient (Wildman–Crippen LogP) is 2.80. The number of ether oxygens (including phenoxy) is 2. The fraction of sp³-hybridized carbons (Fsp3) is 0.421. The van der Waals surface area contributed by atoms with E-state index in [1.165, 1.54) is 16.6 Å². The molecule has 2 aromatic rings. The Morgan fingerprint density at radius 2 is 1.83 bits per heavy atom. The Balaban J connectivity index is 1.74. The van der Waals surface area contributed by atoms with Crippen LogP contribution in [0.15, 0.2) is 35.4 Å². The molecule has 1 aromatic heterocycles. The zero-order valence-electron chi connectivity index (χ0n) is 16.4. The standard InChI is InChI=1S/C19H25N3O5S2/c1-3-26-17-6-5-14(11-18(17)27-4-2)21-19(23)16-12-15(13-20-16)29(24,25)22-7-9-28-10-8-22/h5-6,11-13,20H,3-4,7-10H2,1-2H3,(H,21,23). The monoisotopic (exact) mass is 439 g/mol. The van der Waals surface area contributed by atoms with Crippen LogP contribution in [0.3, 0.4) is 0 Å². The number of sulfonamides is 1. The first-order chi connectivity index (χ1) is 14.0. The number of carbonyl (C=O) groups is 1. The summed E-state index contributed by atoms with van der Waals surface area (Å²) in [6.07, 6.45) is 1.36. The predicted molar refractivity (Wildman–Crippen MR) is 114 cm³/mol. The van der Waals surface area contributed by atoms with E-state index in [0.717, 1.165) is 11.5 Å². The molecular weight excluding hydrogens is 414 g/mol. The second-order valence-corrected chi connectivity index (χ2v) is 9.41. The van der Waals surface area contributed by atoms with Gasteiger partial charge in [0.05, 0.1) is 13.2 Å². The third-order valence-electron chi connectivity index (χ3n) is 4.31. The average molecular weight is 440 g/mol. The lowest BCUT2D eigenvalue weighted by molar-refractivity contribution is 0.102. The maximum Gasteiger partial charge on any atom is 0.272 e. The van der Waals surface area contributed by atoms with Crippen LogP contribution in [0, 0.1) is 0 Å². The Morgan fingerprint density at radius 3 is 2.52 bits per heavy atom. The van der Waals surface area contributed by atoms with Crippen LogP contribution in [0.1, 0.15) is 24.3 Å². The van der Waals surface area contributed by atoms with Crippen molar-refractivity contribution in [1.29, 1.82) is 0 Å². The summed E-state index contributed by atoms with van der Waals surface area (Å²) in [4.78, 5) is 15.4. The normalized spacial score (nSPS) is 15.1. The maximum atomic E-state index is 12.7. The minimum Gasteiger partial charge on any atom is -0.490 e. The lowest BCUT2D eigenvalue weighted by Crippen LogP contribution is -2.37. The molecule has 1 fully saturated rings. The number of H-pyrrole nitrogens is 1. The molecular formula is C19H25N3O5S2. The van der Waals surface area contributed by atoms with Gasteiger partial charge in [-0.1, -0.05) is 0 Å². The third-order valence-corrected chi connectivity index (χ3v) is 7.13. The highest BCUT2D eigenvalue weighted by atomic mass is 32.2. The molecule has 3 rings (SSSR count). The van der Waals surface area contributed by atoms with E-state index in [1.807, 2.05) is 13.8 Å². The Labute approximate surface area is 175 Å². The zero-order valence-corrected chi connectivity index (χ0v) is 18.1. The highest BCUT2D eigenvalue weighted by Gasteiger charge is 2.27. The summed E-state index contributed by atoms with van der Waals surface area (Å²) in [5.41, 5.74) is 0.691. The average Bonchev–Trinajstić information content (AvgIpc) is 3.22. The number of carbonyl (C=O) groups excluding carboxylic acids is 1. The summed E-state index contributed by atoms with van der Waals surface area (Å²) in [7, 11) is -3.60. The first-order valence-electron chi connectivity index (χ1n) is 9.43. The molecule has 1 amide bonds. The molecule has 1 aliphatic heterocycles. The number of anilines is 1. The van der Waals surface area contributed by atoms with Crippen LogP contribution < -0.4 is 14.8 Å². The minimum atomic E-state index is -3.60. The fourth-order valence-corrected chi connectivity index (χ4v) is 5.49. The molecule has 0 saturated carbocycles. The van der Waals surface area contributed by atoms with Gasteiger partial charge in [0.25, 0.3) is 5.91 Å². The zero-order chi connectivity index (χ0) is 20.9. The van der Waals surface area contributed by atoms with E-state index in [0.29, 0.717) is 43.5 Å². The number of nitrogens with zero attached hydrogens (tertiary/aromatic N) is 1. The van der Waals surface area contributed by atoms with Crippen LogP contribution in [0.4, 0.5) is 5.69 Å². The van der Waals surface area contributed by atoms with E-state index in [-0.39, 0.29) is 10.6 Å². The smallest absolute Gasteiger partial charge is 0.272 e. The van der Waals surface area contributed by atoms with E-state index in [2.05, 4.69) is 10.3 Å². The molecule has 1 saturated heterocycles. The van der Waals surface area contributed by atoms with Crippen molar-refractivity contribution in [3.63, 3.8) is 0 Å². The topological polar surface area (TPSA) is 101 Å². The van der Waals surface area contributed by atoms with Gasteiger partial charge >= 0.3 is 0 Å². The molecule has 8 nitrogen and oxygen atoms in total. The Kier molecular flexibility index (Phi) is 7.09. The van der Waals surface area contributed by atoms with Gasteiger partial charge < -0.3 is 19.8 Å². The van der Waals surface area contributed by atoms with E-state index in [1.54, 1.807) is 30.0 Å². The molecule has 10 heteroatoms. The number of hydrogen-bond acceptors (Lipinski definition) is 6. The molecule has 1 aliphatic rings. The number of rotatable bonds is 8. The van der Waals surface area contributed by atoms with Gasteiger partial charge in [0, 0.05) is 42.5 Å². The van der Waals surface area contributed by atoms with Gasteiger partial charge in [-0.2, -0.15) is 16.1 Å². The third kappa shape index (κ3) is 5.06. The van der Waals surface area contributed by atoms with Crippen LogP contribution in [0.2, 0.25) is 0 Å². The van der Waals surface area contributed by atoms with Crippen LogP contribution in [-0.4, -0.2) is 61.4 Å². The highest BCUT2D eigenvalue weighted by Crippen LogP contribution is 2.31. The summed E-state index contributed by atoms with van der Waals surface area (Å²) in [6.45, 7) is 5.66. The van der Waals surface area contributed by atoms with E-state index >= 15 is 0 Å². The first-order valence-corrected chi connectivity index (χ1v) is 12.0. The molecule has 0 atom stereocenters. The van der Waals surface area contributed by atoms with Crippen molar-refractivity contribution in [2.24, 2.45) is 0 Å². The first kappa shape index (κ1) is 21.5. The number of thioether (sulfide) groups is 1. The Morgan fingerprint density at radius 1 is 1.14 bits per heavy atom. The van der Waals surface area contributed by atoms with Gasteiger partial charge in [-0.25, -0.2) is 8.42 Å². The number of aromatic nitrogens is 1. The Bertz CT molecular complexity index is 953. The van der Waals surface area contributed by atoms with Crippen LogP contribution in [0.5, 0.6) is 11.5 Å². The van der Waals surface area contributed by atoms with Gasteiger partial charge in [0.1, 0.15) is 10.6 Å². The lowest BCUT2D eigenvalue weighted by atomic mass is 10.2. The summed E-state index contributed by atoms with van der Waals surface area (Å²) >= 11 is 1.73. The SMILES string of the molecule is CCOc1ccc(NC(=O)c2cc(S(=O)(=O)N3CCSCC3)c[nH]2)cc1OCC. The lowest BCUT2D eigenvalue weighted by Gasteiger charge is -2.24. The molecule has 2 N–H and O–H groups in total. The van der Waals surface area contributed by atoms with Crippen molar-refractivity contribution in [2.45, 2.75) is 18.7 Å². The summed E-state index contributed by atoms with van der Waals surface area (Å²) in [5.74, 6) is 2.24. The summed E-state index contributed by atoms with van der Waals surface area (Å²) in [5, 5.41) is 2.75. The van der Waals surface area contributed by atoms with Crippen molar-refractivity contribution in [1.82, 2.24) is 9.29 Å². The van der Waals surface area contributed by atoms with Crippen molar-refractivity contribution in [3.8, 4) is 11.5 Å². The van der Waals surface area contributed by atoms with Crippen molar-refractivity contribution >= 4 is 33.4 Å². The fourth-order valence-electron chi connectivity index (χ4n) is 2.92. The molecule has 1 aromatic carbocycles. The molecule has 0 radical (unpaired) electrons. The second kappa shape index (κ2) is 9.55. The molecule has 0 unspecified atom stereocenters. The number of nitrogens with one attached hydrogen (secondary N) is 2. The quantitative estimate of drug-likeness (QED) is 0.656. The molecule has 0 bridgehead atoms. The van der Waals surface area contributed by atoms with E-state index in [4.69, 9.17) is 9.47 Å². The number of amides is 1. The van der Waals surface area contributed by atoms with Crippen molar-refractivity contribution in [2.75, 3.05) is 43.1 Å². The van der Waals surface area contributed by atoms with Crippen molar-refractivity contribution < 1.29 is 22.7 Å². The van der Waals surface area contributed by atoms with Gasteiger partial charge in [0.2, 0.25) is 10.0 Å². The van der Waals surface area contributed by atoms with Gasteiger partial charge in [-0.3, -0.25) is 4.79 Å². The van der Waals surface area contributed by atoms with E-state index in [9.17, 15) is 13.2 Å². The molecule has 2 heterocycles. The number of hydrogen-bond donors (Lipinski definition) is 2. The van der Waals surface area contributed by atoms with Gasteiger partial charge in [0.15, 0.2) is 11.5 Å². The molecule has 29 heavy (non-hydrogen) atoms. The molecule has 0 aliphatic carbocycles. The summed E-state index contributed by atoms with van der Waals surface area (Å²) in [6, 6.07) is 6.48. The number of benzene rings is 1. The van der Waals surface area contributed by atoms with Crippen LogP contribution in [0.25, 0.3) is 0 Å². The number of aromatic amines is 1. The van der Waals surface area contributed by atoms with Crippen LogP contribution in [-0.2, 0) is 10.0 Å². The highest BCUT2D eigenvalue weighted by molar-refractivity contribution is 7.99. The van der Waals surface area contributed by atoms with E-state index < -0.39 is 15.9 Å². The second-order valence-electron chi connectivity index (χ2n) is 6.25. The largest absolute Gasteiger partial charge is 0.490 e. The minimum absolute atomic E-state index is 0.0937.